The second-order valence-corrected chi connectivity index (χ2v) is 7.76. The highest BCUT2D eigenvalue weighted by molar-refractivity contribution is 9.10. The minimum Gasteiger partial charge on any atom is -0.444 e. The fourth-order valence-corrected chi connectivity index (χ4v) is 3.86. The number of nitrogens with two attached hydrogens (primary N) is 1. The number of hydrogen-bond donors (Lipinski definition) is 2. The van der Waals surface area contributed by atoms with Gasteiger partial charge in [0.15, 0.2) is 10.4 Å². The molecule has 1 aliphatic rings. The number of carbonyl (C=O) groups excluding carboxylic acids is 1. The van der Waals surface area contributed by atoms with Gasteiger partial charge >= 0.3 is 0 Å². The van der Waals surface area contributed by atoms with Gasteiger partial charge in [-0.05, 0) is 60.5 Å². The number of nitrogens with zero attached hydrogens (tertiary/aromatic N) is 3. The summed E-state index contributed by atoms with van der Waals surface area (Å²) in [5, 5.41) is 3.53. The third-order valence-electron chi connectivity index (χ3n) is 4.72. The van der Waals surface area contributed by atoms with Gasteiger partial charge in [0.05, 0.1) is 0 Å². The van der Waals surface area contributed by atoms with Gasteiger partial charge in [0.2, 0.25) is 5.95 Å². The van der Waals surface area contributed by atoms with Crippen molar-refractivity contribution >= 4 is 33.6 Å². The zero-order chi connectivity index (χ0) is 18.8. The van der Waals surface area contributed by atoms with E-state index >= 15 is 0 Å². The number of aryl methyl sites for hydroxylation is 1. The molecule has 1 amide bonds. The molecule has 0 spiro atoms. The topological polar surface area (TPSA) is 97.3 Å². The molecule has 26 heavy (non-hydrogen) atoms. The number of furan rings is 1. The molecule has 0 radical (unpaired) electrons. The first-order valence-electron chi connectivity index (χ1n) is 8.72. The van der Waals surface area contributed by atoms with Crippen molar-refractivity contribution in [1.29, 1.82) is 0 Å². The molecule has 2 aromatic rings. The lowest BCUT2D eigenvalue weighted by Gasteiger charge is -2.29. The van der Waals surface area contributed by atoms with E-state index in [0.717, 1.165) is 42.8 Å². The van der Waals surface area contributed by atoms with Crippen LogP contribution in [0.4, 0.5) is 11.8 Å². The molecule has 1 saturated carbocycles. The Morgan fingerprint density at radius 2 is 1.96 bits per heavy atom. The van der Waals surface area contributed by atoms with Crippen LogP contribution in [-0.4, -0.2) is 36.0 Å². The third-order valence-corrected chi connectivity index (χ3v) is 5.11. The van der Waals surface area contributed by atoms with Crippen molar-refractivity contribution in [3.05, 3.63) is 33.8 Å². The molecule has 1 aliphatic carbocycles. The summed E-state index contributed by atoms with van der Waals surface area (Å²) < 4.78 is 5.96. The number of rotatable bonds is 5. The van der Waals surface area contributed by atoms with Crippen molar-refractivity contribution < 1.29 is 9.21 Å². The molecule has 3 N–H and O–H groups in total. The summed E-state index contributed by atoms with van der Waals surface area (Å²) in [6.45, 7) is 1.97. The Hall–Kier alpha value is -2.09. The molecule has 0 atom stereocenters. The van der Waals surface area contributed by atoms with Crippen LogP contribution in [0.1, 0.15) is 53.4 Å². The Morgan fingerprint density at radius 3 is 2.58 bits per heavy atom. The van der Waals surface area contributed by atoms with Crippen LogP contribution in [0.25, 0.3) is 0 Å². The minimum absolute atomic E-state index is 0.273. The predicted molar refractivity (Wildman–Crippen MR) is 105 cm³/mol. The van der Waals surface area contributed by atoms with Gasteiger partial charge in [0.25, 0.3) is 5.91 Å². The summed E-state index contributed by atoms with van der Waals surface area (Å²) in [5.74, 6) is 1.60. The van der Waals surface area contributed by atoms with E-state index in [0.29, 0.717) is 16.7 Å². The monoisotopic (exact) mass is 421 g/mol. The first-order valence-corrected chi connectivity index (χ1v) is 9.51. The normalized spacial score (nSPS) is 20.0. The van der Waals surface area contributed by atoms with Crippen LogP contribution in [0.5, 0.6) is 0 Å². The highest BCUT2D eigenvalue weighted by Crippen LogP contribution is 2.37. The molecule has 7 nitrogen and oxygen atoms in total. The second kappa shape index (κ2) is 7.65. The van der Waals surface area contributed by atoms with E-state index in [4.69, 9.17) is 10.2 Å². The van der Waals surface area contributed by atoms with E-state index in [1.807, 2.05) is 38.1 Å². The Bertz CT molecular complexity index is 797. The maximum absolute atomic E-state index is 11.6. The summed E-state index contributed by atoms with van der Waals surface area (Å²) in [4.78, 5) is 22.5. The molecule has 0 aliphatic heterocycles. The van der Waals surface area contributed by atoms with Crippen LogP contribution in [0, 0.1) is 6.92 Å². The highest BCUT2D eigenvalue weighted by atomic mass is 79.9. The zero-order valence-corrected chi connectivity index (χ0v) is 16.8. The molecule has 0 bridgehead atoms. The van der Waals surface area contributed by atoms with E-state index in [1.54, 1.807) is 0 Å². The number of aromatic nitrogens is 2. The lowest BCUT2D eigenvalue weighted by atomic mass is 9.81. The van der Waals surface area contributed by atoms with E-state index in [2.05, 4.69) is 31.2 Å². The fourth-order valence-electron chi connectivity index (χ4n) is 3.45. The standard InChI is InChI=1S/C18H24BrN5O2/c1-10-8-15(23-18(21-10)24(2)3)22-12-6-4-11(5-7-12)13-9-14(19)26-16(13)17(20)25/h8-9,11-12H,4-7H2,1-3H3,(H2,20,25)(H,21,22,23). The van der Waals surface area contributed by atoms with Crippen LogP contribution < -0.4 is 16.0 Å². The molecule has 0 aromatic carbocycles. The maximum atomic E-state index is 11.6. The summed E-state index contributed by atoms with van der Waals surface area (Å²) in [6, 6.07) is 4.19. The first-order chi connectivity index (χ1) is 12.3. The van der Waals surface area contributed by atoms with Crippen molar-refractivity contribution in [2.45, 2.75) is 44.6 Å². The van der Waals surface area contributed by atoms with Crippen molar-refractivity contribution in [3.8, 4) is 0 Å². The van der Waals surface area contributed by atoms with E-state index in [1.165, 1.54) is 0 Å². The predicted octanol–water partition coefficient (Wildman–Crippen LogP) is 3.44. The average molecular weight is 422 g/mol. The highest BCUT2D eigenvalue weighted by Gasteiger charge is 2.28. The lowest BCUT2D eigenvalue weighted by molar-refractivity contribution is 0.0970. The quantitative estimate of drug-likeness (QED) is 0.766. The fraction of sp³-hybridized carbons (Fsp3) is 0.500. The van der Waals surface area contributed by atoms with Gasteiger partial charge in [0.1, 0.15) is 5.82 Å². The summed E-state index contributed by atoms with van der Waals surface area (Å²) in [7, 11) is 3.87. The maximum Gasteiger partial charge on any atom is 0.284 e. The Labute approximate surface area is 161 Å². The largest absolute Gasteiger partial charge is 0.444 e. The van der Waals surface area contributed by atoms with Crippen LogP contribution in [0.3, 0.4) is 0 Å². The Balaban J connectivity index is 1.65. The molecule has 3 rings (SSSR count). The molecular weight excluding hydrogens is 398 g/mol. The number of halogens is 1. The van der Waals surface area contributed by atoms with Gasteiger partial charge in [0, 0.05) is 37.5 Å². The van der Waals surface area contributed by atoms with E-state index in [-0.39, 0.29) is 11.7 Å². The number of hydrogen-bond acceptors (Lipinski definition) is 6. The van der Waals surface area contributed by atoms with Gasteiger partial charge in [-0.15, -0.1) is 0 Å². The number of primary amides is 1. The minimum atomic E-state index is -0.515. The number of carbonyl (C=O) groups is 1. The van der Waals surface area contributed by atoms with Gasteiger partial charge in [-0.1, -0.05) is 0 Å². The lowest BCUT2D eigenvalue weighted by Crippen LogP contribution is -2.27. The summed E-state index contributed by atoms with van der Waals surface area (Å²) in [5.41, 5.74) is 7.28. The van der Waals surface area contributed by atoms with Crippen LogP contribution in [0.15, 0.2) is 21.2 Å². The first kappa shape index (κ1) is 18.7. The number of amides is 1. The Kier molecular flexibility index (Phi) is 5.50. The third kappa shape index (κ3) is 4.17. The average Bonchev–Trinajstić information content (AvgIpc) is 2.97. The molecule has 2 aromatic heterocycles. The van der Waals surface area contributed by atoms with Crippen molar-refractivity contribution in [1.82, 2.24) is 9.97 Å². The van der Waals surface area contributed by atoms with Crippen molar-refractivity contribution in [2.75, 3.05) is 24.3 Å². The smallest absolute Gasteiger partial charge is 0.284 e. The zero-order valence-electron chi connectivity index (χ0n) is 15.3. The van der Waals surface area contributed by atoms with E-state index < -0.39 is 5.91 Å². The van der Waals surface area contributed by atoms with Gasteiger partial charge in [-0.25, -0.2) is 4.98 Å². The molecule has 2 heterocycles. The van der Waals surface area contributed by atoms with Crippen LogP contribution in [-0.2, 0) is 0 Å². The second-order valence-electron chi connectivity index (χ2n) is 6.98. The SMILES string of the molecule is Cc1cc(NC2CCC(c3cc(Br)oc3C(N)=O)CC2)nc(N(C)C)n1. The van der Waals surface area contributed by atoms with Crippen molar-refractivity contribution in [2.24, 2.45) is 5.73 Å². The van der Waals surface area contributed by atoms with Gasteiger partial charge in [-0.2, -0.15) is 4.98 Å². The molecule has 1 fully saturated rings. The Morgan fingerprint density at radius 1 is 1.27 bits per heavy atom. The van der Waals surface area contributed by atoms with Gasteiger partial charge in [-0.3, -0.25) is 4.79 Å². The molecule has 8 heteroatoms. The molecular formula is C18H24BrN5O2. The number of nitrogens with one attached hydrogen (secondary N) is 1. The summed E-state index contributed by atoms with van der Waals surface area (Å²) >= 11 is 3.29. The number of anilines is 2. The van der Waals surface area contributed by atoms with Gasteiger partial charge < -0.3 is 20.4 Å². The molecule has 0 saturated heterocycles. The summed E-state index contributed by atoms with van der Waals surface area (Å²) in [6.07, 6.45) is 3.92. The van der Waals surface area contributed by atoms with Crippen LogP contribution >= 0.6 is 15.9 Å². The van der Waals surface area contributed by atoms with Crippen LogP contribution in [0.2, 0.25) is 0 Å². The van der Waals surface area contributed by atoms with Crippen molar-refractivity contribution in [3.63, 3.8) is 0 Å². The molecule has 0 unspecified atom stereocenters. The molecule has 140 valence electrons. The van der Waals surface area contributed by atoms with E-state index in [9.17, 15) is 4.79 Å².